The summed E-state index contributed by atoms with van der Waals surface area (Å²) in [4.78, 5) is 0. The van der Waals surface area contributed by atoms with Gasteiger partial charge in [0.1, 0.15) is 19.0 Å². The van der Waals surface area contributed by atoms with Crippen LogP contribution in [0.15, 0.2) is 12.1 Å². The minimum atomic E-state index is -0.347. The standard InChI is InChI=1S/C9H8ClFO2/c10-5-6-3-7(11)4-8-9(6)13-2-1-12-8/h3-4H,1-2,5H2. The molecule has 0 aromatic heterocycles. The Morgan fingerprint density at radius 1 is 1.31 bits per heavy atom. The van der Waals surface area contributed by atoms with E-state index < -0.39 is 0 Å². The summed E-state index contributed by atoms with van der Waals surface area (Å²) in [6.45, 7) is 0.945. The molecule has 0 saturated carbocycles. The maximum atomic E-state index is 12.9. The summed E-state index contributed by atoms with van der Waals surface area (Å²) in [5, 5.41) is 0. The van der Waals surface area contributed by atoms with Gasteiger partial charge in [0, 0.05) is 11.6 Å². The molecule has 0 atom stereocenters. The van der Waals surface area contributed by atoms with Gasteiger partial charge in [0.25, 0.3) is 0 Å². The molecule has 2 rings (SSSR count). The Balaban J connectivity index is 2.50. The highest BCUT2D eigenvalue weighted by Gasteiger charge is 2.16. The second-order valence-corrected chi connectivity index (χ2v) is 2.99. The SMILES string of the molecule is Fc1cc(CCl)c2c(c1)OCCO2. The lowest BCUT2D eigenvalue weighted by Gasteiger charge is -2.20. The van der Waals surface area contributed by atoms with Crippen molar-refractivity contribution in [1.82, 2.24) is 0 Å². The molecule has 1 aromatic carbocycles. The van der Waals surface area contributed by atoms with Crippen LogP contribution in [0.4, 0.5) is 4.39 Å². The van der Waals surface area contributed by atoms with E-state index in [-0.39, 0.29) is 11.7 Å². The minimum absolute atomic E-state index is 0.226. The molecular weight excluding hydrogens is 195 g/mol. The summed E-state index contributed by atoms with van der Waals surface area (Å²) < 4.78 is 23.5. The van der Waals surface area contributed by atoms with Crippen LogP contribution in [-0.2, 0) is 5.88 Å². The molecule has 0 N–H and O–H groups in total. The largest absolute Gasteiger partial charge is 0.486 e. The second kappa shape index (κ2) is 3.42. The van der Waals surface area contributed by atoms with Gasteiger partial charge in [-0.15, -0.1) is 11.6 Å². The topological polar surface area (TPSA) is 18.5 Å². The molecule has 0 spiro atoms. The summed E-state index contributed by atoms with van der Waals surface area (Å²) in [6.07, 6.45) is 0. The molecule has 0 radical (unpaired) electrons. The van der Waals surface area contributed by atoms with E-state index in [9.17, 15) is 4.39 Å². The summed E-state index contributed by atoms with van der Waals surface area (Å²) in [5.74, 6) is 0.896. The Morgan fingerprint density at radius 2 is 2.08 bits per heavy atom. The van der Waals surface area contributed by atoms with Gasteiger partial charge in [0.2, 0.25) is 0 Å². The van der Waals surface area contributed by atoms with Crippen molar-refractivity contribution in [3.63, 3.8) is 0 Å². The lowest BCUT2D eigenvalue weighted by molar-refractivity contribution is 0.169. The summed E-state index contributed by atoms with van der Waals surface area (Å²) in [6, 6.07) is 2.67. The van der Waals surface area contributed by atoms with E-state index in [0.717, 1.165) is 0 Å². The van der Waals surface area contributed by atoms with Crippen molar-refractivity contribution in [3.8, 4) is 11.5 Å². The Hall–Kier alpha value is -0.960. The highest BCUT2D eigenvalue weighted by Crippen LogP contribution is 2.35. The highest BCUT2D eigenvalue weighted by atomic mass is 35.5. The van der Waals surface area contributed by atoms with Gasteiger partial charge in [-0.2, -0.15) is 0 Å². The van der Waals surface area contributed by atoms with Gasteiger partial charge >= 0.3 is 0 Å². The minimum Gasteiger partial charge on any atom is -0.486 e. The third-order valence-electron chi connectivity index (χ3n) is 1.83. The third kappa shape index (κ3) is 1.56. The molecule has 1 aromatic rings. The molecule has 0 bridgehead atoms. The monoisotopic (exact) mass is 202 g/mol. The van der Waals surface area contributed by atoms with E-state index >= 15 is 0 Å². The second-order valence-electron chi connectivity index (χ2n) is 2.72. The van der Waals surface area contributed by atoms with Crippen LogP contribution in [0.3, 0.4) is 0 Å². The molecule has 0 amide bonds. The molecule has 2 nitrogen and oxygen atoms in total. The normalized spacial score (nSPS) is 14.3. The molecule has 1 aliphatic rings. The van der Waals surface area contributed by atoms with Crippen LogP contribution in [0.1, 0.15) is 5.56 Å². The molecule has 13 heavy (non-hydrogen) atoms. The van der Waals surface area contributed by atoms with E-state index in [4.69, 9.17) is 21.1 Å². The number of halogens is 2. The zero-order chi connectivity index (χ0) is 9.26. The molecule has 0 saturated heterocycles. The van der Waals surface area contributed by atoms with Gasteiger partial charge in [0.15, 0.2) is 11.5 Å². The first-order chi connectivity index (χ1) is 6.31. The van der Waals surface area contributed by atoms with Crippen LogP contribution >= 0.6 is 11.6 Å². The van der Waals surface area contributed by atoms with Crippen LogP contribution < -0.4 is 9.47 Å². The fourth-order valence-corrected chi connectivity index (χ4v) is 1.49. The van der Waals surface area contributed by atoms with Crippen LogP contribution in [0.2, 0.25) is 0 Å². The first-order valence-electron chi connectivity index (χ1n) is 3.95. The molecule has 1 aliphatic heterocycles. The third-order valence-corrected chi connectivity index (χ3v) is 2.12. The summed E-state index contributed by atoms with van der Waals surface area (Å²) >= 11 is 5.63. The van der Waals surface area contributed by atoms with Crippen molar-refractivity contribution in [2.75, 3.05) is 13.2 Å². The Morgan fingerprint density at radius 3 is 2.85 bits per heavy atom. The van der Waals surface area contributed by atoms with Gasteiger partial charge < -0.3 is 9.47 Å². The average Bonchev–Trinajstić information content (AvgIpc) is 2.16. The first-order valence-corrected chi connectivity index (χ1v) is 4.48. The zero-order valence-electron chi connectivity index (χ0n) is 6.85. The Kier molecular flexibility index (Phi) is 2.27. The lowest BCUT2D eigenvalue weighted by Crippen LogP contribution is -2.16. The Bertz CT molecular complexity index is 310. The number of hydrogen-bond donors (Lipinski definition) is 0. The van der Waals surface area contributed by atoms with Gasteiger partial charge in [-0.3, -0.25) is 0 Å². The fraction of sp³-hybridized carbons (Fsp3) is 0.333. The van der Waals surface area contributed by atoms with E-state index in [1.807, 2.05) is 0 Å². The number of rotatable bonds is 1. The maximum Gasteiger partial charge on any atom is 0.165 e. The van der Waals surface area contributed by atoms with Gasteiger partial charge in [-0.25, -0.2) is 4.39 Å². The smallest absolute Gasteiger partial charge is 0.165 e. The first kappa shape index (κ1) is 8.63. The van der Waals surface area contributed by atoms with Crippen LogP contribution in [-0.4, -0.2) is 13.2 Å². The zero-order valence-corrected chi connectivity index (χ0v) is 7.60. The molecule has 0 fully saturated rings. The summed E-state index contributed by atoms with van der Waals surface area (Å²) in [5.41, 5.74) is 0.636. The molecule has 1 heterocycles. The molecule has 70 valence electrons. The van der Waals surface area contributed by atoms with Crippen LogP contribution in [0.25, 0.3) is 0 Å². The number of alkyl halides is 1. The van der Waals surface area contributed by atoms with E-state index in [1.54, 1.807) is 0 Å². The average molecular weight is 203 g/mol. The predicted molar refractivity (Wildman–Crippen MR) is 46.9 cm³/mol. The van der Waals surface area contributed by atoms with Crippen molar-refractivity contribution < 1.29 is 13.9 Å². The van der Waals surface area contributed by atoms with Gasteiger partial charge in [0.05, 0.1) is 5.88 Å². The number of benzene rings is 1. The predicted octanol–water partition coefficient (Wildman–Crippen LogP) is 2.34. The summed E-state index contributed by atoms with van der Waals surface area (Å²) in [7, 11) is 0. The fourth-order valence-electron chi connectivity index (χ4n) is 1.29. The van der Waals surface area contributed by atoms with Crippen molar-refractivity contribution in [3.05, 3.63) is 23.5 Å². The van der Waals surface area contributed by atoms with E-state index in [2.05, 4.69) is 0 Å². The number of ether oxygens (including phenoxy) is 2. The van der Waals surface area contributed by atoms with Crippen LogP contribution in [0, 0.1) is 5.82 Å². The Labute approximate surface area is 80.2 Å². The highest BCUT2D eigenvalue weighted by molar-refractivity contribution is 6.17. The van der Waals surface area contributed by atoms with Crippen molar-refractivity contribution in [2.24, 2.45) is 0 Å². The van der Waals surface area contributed by atoms with Crippen LogP contribution in [0.5, 0.6) is 11.5 Å². The molecule has 0 aliphatic carbocycles. The number of hydrogen-bond acceptors (Lipinski definition) is 2. The van der Waals surface area contributed by atoms with Crippen molar-refractivity contribution >= 4 is 11.6 Å². The lowest BCUT2D eigenvalue weighted by atomic mass is 10.2. The maximum absolute atomic E-state index is 12.9. The van der Waals surface area contributed by atoms with E-state index in [1.165, 1.54) is 12.1 Å². The van der Waals surface area contributed by atoms with Gasteiger partial charge in [-0.05, 0) is 6.07 Å². The number of fused-ring (bicyclic) bond motifs is 1. The molecule has 4 heteroatoms. The van der Waals surface area contributed by atoms with Crippen molar-refractivity contribution in [1.29, 1.82) is 0 Å². The van der Waals surface area contributed by atoms with Crippen molar-refractivity contribution in [2.45, 2.75) is 5.88 Å². The van der Waals surface area contributed by atoms with Gasteiger partial charge in [-0.1, -0.05) is 0 Å². The molecule has 0 unspecified atom stereocenters. The van der Waals surface area contributed by atoms with E-state index in [0.29, 0.717) is 30.3 Å². The quantitative estimate of drug-likeness (QED) is 0.651. The molecular formula is C9H8ClFO2.